The van der Waals surface area contributed by atoms with Gasteiger partial charge in [-0.3, -0.25) is 0 Å². The summed E-state index contributed by atoms with van der Waals surface area (Å²) in [4.78, 5) is 0. The third-order valence-corrected chi connectivity index (χ3v) is 0.937. The van der Waals surface area contributed by atoms with E-state index in [1.807, 2.05) is 37.3 Å². The van der Waals surface area contributed by atoms with Crippen LogP contribution in [0, 0.1) is 11.3 Å². The molecule has 10 heavy (non-hydrogen) atoms. The first-order chi connectivity index (χ1) is 4.81. The van der Waals surface area contributed by atoms with Gasteiger partial charge in [-0.15, -0.1) is 0 Å². The molecule has 0 spiro atoms. The average Bonchev–Trinajstić information content (AvgIpc) is 1.98. The lowest BCUT2D eigenvalue weighted by Gasteiger charge is -1.76. The zero-order valence-corrected chi connectivity index (χ0v) is 6.33. The number of allylic oxidation sites excluding steroid dienone is 6. The van der Waals surface area contributed by atoms with Crippen molar-refractivity contribution in [1.29, 1.82) is 5.26 Å². The predicted molar refractivity (Wildman–Crippen MR) is 43.3 cm³/mol. The second kappa shape index (κ2) is 5.84. The zero-order valence-electron chi connectivity index (χ0n) is 6.33. The van der Waals surface area contributed by atoms with Crippen LogP contribution in [-0.4, -0.2) is 0 Å². The standard InChI is InChI=1S/C9H11N/c1-3-4-5-6-7-9(2)8-10/h3-7H,1-2H3/b4-3?,6-5?,9-7-. The van der Waals surface area contributed by atoms with Gasteiger partial charge in [0, 0.05) is 5.57 Å². The van der Waals surface area contributed by atoms with Crippen molar-refractivity contribution >= 4 is 0 Å². The van der Waals surface area contributed by atoms with E-state index in [4.69, 9.17) is 5.26 Å². The molecule has 0 amide bonds. The van der Waals surface area contributed by atoms with Gasteiger partial charge in [-0.1, -0.05) is 24.3 Å². The Labute approximate surface area is 62.0 Å². The topological polar surface area (TPSA) is 23.8 Å². The van der Waals surface area contributed by atoms with Crippen molar-refractivity contribution in [2.45, 2.75) is 13.8 Å². The SMILES string of the molecule is CC=CC=C/C=C(/C)C#N. The van der Waals surface area contributed by atoms with Gasteiger partial charge in [-0.2, -0.15) is 5.26 Å². The molecule has 0 aliphatic rings. The first-order valence-corrected chi connectivity index (χ1v) is 3.17. The van der Waals surface area contributed by atoms with Crippen molar-refractivity contribution in [2.24, 2.45) is 0 Å². The van der Waals surface area contributed by atoms with Gasteiger partial charge in [0.2, 0.25) is 0 Å². The molecule has 1 heteroatoms. The highest BCUT2D eigenvalue weighted by Crippen LogP contribution is 1.89. The predicted octanol–water partition coefficient (Wildman–Crippen LogP) is 2.59. The van der Waals surface area contributed by atoms with Crippen LogP contribution in [0.1, 0.15) is 13.8 Å². The summed E-state index contributed by atoms with van der Waals surface area (Å²) in [5.41, 5.74) is 0.723. The summed E-state index contributed by atoms with van der Waals surface area (Å²) >= 11 is 0. The number of nitriles is 1. The largest absolute Gasteiger partial charge is 0.193 e. The van der Waals surface area contributed by atoms with Crippen molar-refractivity contribution in [3.8, 4) is 6.07 Å². The first-order valence-electron chi connectivity index (χ1n) is 3.17. The van der Waals surface area contributed by atoms with Crippen LogP contribution in [0.15, 0.2) is 36.0 Å². The van der Waals surface area contributed by atoms with Gasteiger partial charge in [0.25, 0.3) is 0 Å². The Hall–Kier alpha value is -1.29. The lowest BCUT2D eigenvalue weighted by Crippen LogP contribution is -1.62. The molecule has 0 aliphatic heterocycles. The summed E-state index contributed by atoms with van der Waals surface area (Å²) in [7, 11) is 0. The number of rotatable bonds is 2. The van der Waals surface area contributed by atoms with Gasteiger partial charge < -0.3 is 0 Å². The van der Waals surface area contributed by atoms with Crippen molar-refractivity contribution in [3.63, 3.8) is 0 Å². The van der Waals surface area contributed by atoms with Gasteiger partial charge in [-0.25, -0.2) is 0 Å². The van der Waals surface area contributed by atoms with Crippen LogP contribution < -0.4 is 0 Å². The number of hydrogen-bond acceptors (Lipinski definition) is 1. The second-order valence-electron chi connectivity index (χ2n) is 1.87. The number of nitrogens with zero attached hydrogens (tertiary/aromatic N) is 1. The summed E-state index contributed by atoms with van der Waals surface area (Å²) in [5, 5.41) is 8.32. The first kappa shape index (κ1) is 8.71. The molecule has 0 atom stereocenters. The molecule has 0 rings (SSSR count). The van der Waals surface area contributed by atoms with Gasteiger partial charge in [0.05, 0.1) is 6.07 Å². The minimum absolute atomic E-state index is 0.723. The van der Waals surface area contributed by atoms with Gasteiger partial charge in [0.15, 0.2) is 0 Å². The molecule has 0 saturated heterocycles. The van der Waals surface area contributed by atoms with Crippen LogP contribution in [0.5, 0.6) is 0 Å². The fourth-order valence-electron chi connectivity index (χ4n) is 0.412. The Morgan fingerprint density at radius 1 is 1.30 bits per heavy atom. The Bertz CT molecular complexity index is 201. The smallest absolute Gasteiger partial charge is 0.0944 e. The fraction of sp³-hybridized carbons (Fsp3) is 0.222. The lowest BCUT2D eigenvalue weighted by molar-refractivity contribution is 1.44. The van der Waals surface area contributed by atoms with E-state index >= 15 is 0 Å². The van der Waals surface area contributed by atoms with E-state index in [-0.39, 0.29) is 0 Å². The minimum Gasteiger partial charge on any atom is -0.193 e. The van der Waals surface area contributed by atoms with E-state index in [1.54, 1.807) is 13.0 Å². The van der Waals surface area contributed by atoms with Crippen LogP contribution in [0.25, 0.3) is 0 Å². The molecule has 0 aromatic heterocycles. The van der Waals surface area contributed by atoms with Crippen molar-refractivity contribution < 1.29 is 0 Å². The quantitative estimate of drug-likeness (QED) is 0.419. The maximum atomic E-state index is 8.32. The molecule has 0 radical (unpaired) electrons. The summed E-state index contributed by atoms with van der Waals surface area (Å²) in [5.74, 6) is 0. The maximum absolute atomic E-state index is 8.32. The highest BCUT2D eigenvalue weighted by atomic mass is 14.2. The highest BCUT2D eigenvalue weighted by molar-refractivity contribution is 5.24. The van der Waals surface area contributed by atoms with Gasteiger partial charge in [0.1, 0.15) is 0 Å². The Morgan fingerprint density at radius 2 is 2.00 bits per heavy atom. The maximum Gasteiger partial charge on any atom is 0.0944 e. The third-order valence-electron chi connectivity index (χ3n) is 0.937. The molecule has 0 aliphatic carbocycles. The van der Waals surface area contributed by atoms with Gasteiger partial charge in [-0.05, 0) is 19.9 Å². The van der Waals surface area contributed by atoms with Crippen molar-refractivity contribution in [3.05, 3.63) is 36.0 Å². The second-order valence-corrected chi connectivity index (χ2v) is 1.87. The molecular formula is C9H11N. The molecule has 1 nitrogen and oxygen atoms in total. The Morgan fingerprint density at radius 3 is 2.50 bits per heavy atom. The van der Waals surface area contributed by atoms with Gasteiger partial charge >= 0.3 is 0 Å². The summed E-state index contributed by atoms with van der Waals surface area (Å²) in [6.45, 7) is 3.73. The molecule has 0 bridgehead atoms. The minimum atomic E-state index is 0.723. The Kier molecular flexibility index (Phi) is 5.09. The molecular weight excluding hydrogens is 122 g/mol. The summed E-state index contributed by atoms with van der Waals surface area (Å²) in [6, 6.07) is 2.03. The summed E-state index contributed by atoms with van der Waals surface area (Å²) < 4.78 is 0. The van der Waals surface area contributed by atoms with Crippen LogP contribution in [0.3, 0.4) is 0 Å². The third kappa shape index (κ3) is 4.86. The lowest BCUT2D eigenvalue weighted by atomic mass is 10.3. The van der Waals surface area contributed by atoms with Crippen LogP contribution in [-0.2, 0) is 0 Å². The average molecular weight is 133 g/mol. The molecule has 0 unspecified atom stereocenters. The highest BCUT2D eigenvalue weighted by Gasteiger charge is 1.75. The summed E-state index contributed by atoms with van der Waals surface area (Å²) in [6.07, 6.45) is 9.37. The van der Waals surface area contributed by atoms with Crippen LogP contribution in [0.2, 0.25) is 0 Å². The molecule has 0 heterocycles. The molecule has 0 N–H and O–H groups in total. The van der Waals surface area contributed by atoms with Crippen LogP contribution >= 0.6 is 0 Å². The van der Waals surface area contributed by atoms with E-state index in [0.29, 0.717) is 0 Å². The van der Waals surface area contributed by atoms with E-state index in [2.05, 4.69) is 0 Å². The molecule has 0 fully saturated rings. The monoisotopic (exact) mass is 133 g/mol. The normalized spacial score (nSPS) is 12.7. The van der Waals surface area contributed by atoms with E-state index in [9.17, 15) is 0 Å². The fourth-order valence-corrected chi connectivity index (χ4v) is 0.412. The van der Waals surface area contributed by atoms with Crippen LogP contribution in [0.4, 0.5) is 0 Å². The Balaban J connectivity index is 3.85. The molecule has 52 valence electrons. The van der Waals surface area contributed by atoms with Crippen molar-refractivity contribution in [2.75, 3.05) is 0 Å². The zero-order chi connectivity index (χ0) is 7.82. The molecule has 0 aromatic carbocycles. The number of hydrogen-bond donors (Lipinski definition) is 0. The van der Waals surface area contributed by atoms with Crippen molar-refractivity contribution in [1.82, 2.24) is 0 Å². The molecule has 0 saturated carbocycles. The van der Waals surface area contributed by atoms with E-state index in [1.165, 1.54) is 0 Å². The van der Waals surface area contributed by atoms with E-state index < -0.39 is 0 Å². The molecule has 0 aromatic rings. The van der Waals surface area contributed by atoms with E-state index in [0.717, 1.165) is 5.57 Å².